The molecular formula is C16H19F3IN3. The summed E-state index contributed by atoms with van der Waals surface area (Å²) in [6, 6.07) is 7.52. The Bertz CT molecular complexity index is 681. The zero-order valence-corrected chi connectivity index (χ0v) is 14.9. The molecule has 2 aromatic rings. The first-order valence-electron chi connectivity index (χ1n) is 7.64. The van der Waals surface area contributed by atoms with Gasteiger partial charge in [-0.2, -0.15) is 0 Å². The number of nitrogens with zero attached hydrogens (tertiary/aromatic N) is 2. The van der Waals surface area contributed by atoms with Gasteiger partial charge in [-0.15, -0.1) is 0 Å². The fourth-order valence-corrected chi connectivity index (χ4v) is 3.92. The highest BCUT2D eigenvalue weighted by Gasteiger charge is 2.26. The zero-order chi connectivity index (χ0) is 16.6. The number of benzene rings is 1. The fraction of sp³-hybridized carbons (Fsp3) is 0.500. The lowest BCUT2D eigenvalue weighted by molar-refractivity contribution is 0.00930. The van der Waals surface area contributed by atoms with Crippen molar-refractivity contribution in [3.63, 3.8) is 0 Å². The van der Waals surface area contributed by atoms with Crippen LogP contribution in [0.1, 0.15) is 19.1 Å². The van der Waals surface area contributed by atoms with Gasteiger partial charge in [0.25, 0.3) is 6.43 Å². The summed E-state index contributed by atoms with van der Waals surface area (Å²) in [4.78, 5) is 2.29. The lowest BCUT2D eigenvalue weighted by Gasteiger charge is -2.30. The van der Waals surface area contributed by atoms with E-state index in [2.05, 4.69) is 17.3 Å². The molecule has 1 aromatic heterocycles. The summed E-state index contributed by atoms with van der Waals surface area (Å²) in [6.45, 7) is 2.06. The number of likely N-dealkylation sites (tertiary alicyclic amines) is 1. The Balaban J connectivity index is 1.92. The number of hydrogen-bond donors (Lipinski definition) is 1. The molecule has 3 nitrogen and oxygen atoms in total. The summed E-state index contributed by atoms with van der Waals surface area (Å²) in [5, 5.41) is 4.29. The summed E-state index contributed by atoms with van der Waals surface area (Å²) in [5.74, 6) is 0. The smallest absolute Gasteiger partial charge is 0.288 e. The first kappa shape index (κ1) is 16.9. The zero-order valence-electron chi connectivity index (χ0n) is 12.8. The Morgan fingerprint density at radius 2 is 1.91 bits per heavy atom. The molecule has 1 atom stereocenters. The van der Waals surface area contributed by atoms with Crippen LogP contribution in [0.4, 0.5) is 18.9 Å². The van der Waals surface area contributed by atoms with Crippen molar-refractivity contribution in [2.75, 3.05) is 25.5 Å². The standard InChI is InChI=1S/C16H19F3IN3/c1-22-7-5-10(6-8-22)21-12-3-2-4-13-11(12)9-14(20)23(13)16(19)15(17)18/h2-4,9-10,15-16,21H,5-8H2,1H3. The summed E-state index contributed by atoms with van der Waals surface area (Å²) >= 11 is 1.91. The quantitative estimate of drug-likeness (QED) is 0.712. The molecule has 0 saturated carbocycles. The normalized spacial score (nSPS) is 18.7. The Morgan fingerprint density at radius 1 is 1.22 bits per heavy atom. The van der Waals surface area contributed by atoms with Gasteiger partial charge >= 0.3 is 0 Å². The van der Waals surface area contributed by atoms with Crippen LogP contribution in [0.5, 0.6) is 0 Å². The third kappa shape index (κ3) is 3.45. The number of halogens is 4. The highest BCUT2D eigenvalue weighted by molar-refractivity contribution is 14.1. The Labute approximate surface area is 147 Å². The van der Waals surface area contributed by atoms with Crippen molar-refractivity contribution in [2.45, 2.75) is 31.6 Å². The van der Waals surface area contributed by atoms with Gasteiger partial charge in [0.1, 0.15) is 0 Å². The minimum absolute atomic E-state index is 0.356. The van der Waals surface area contributed by atoms with E-state index < -0.39 is 12.7 Å². The number of hydrogen-bond acceptors (Lipinski definition) is 2. The molecule has 0 bridgehead atoms. The average Bonchev–Trinajstić information content (AvgIpc) is 2.86. The number of nitrogens with one attached hydrogen (secondary N) is 1. The molecule has 0 spiro atoms. The van der Waals surface area contributed by atoms with Crippen LogP contribution in [-0.4, -0.2) is 42.1 Å². The van der Waals surface area contributed by atoms with Gasteiger partial charge in [0.15, 0.2) is 0 Å². The van der Waals surface area contributed by atoms with Crippen molar-refractivity contribution in [2.24, 2.45) is 0 Å². The minimum Gasteiger partial charge on any atom is -0.382 e. The van der Waals surface area contributed by atoms with E-state index in [-0.39, 0.29) is 0 Å². The highest BCUT2D eigenvalue weighted by atomic mass is 127. The van der Waals surface area contributed by atoms with Crippen LogP contribution in [0.15, 0.2) is 24.3 Å². The van der Waals surface area contributed by atoms with E-state index in [1.54, 1.807) is 18.2 Å². The summed E-state index contributed by atoms with van der Waals surface area (Å²) in [5.41, 5.74) is 1.38. The molecule has 7 heteroatoms. The SMILES string of the molecule is CN1CCC(Nc2cccc3c2cc(I)n3C(F)C(F)F)CC1. The molecule has 126 valence electrons. The van der Waals surface area contributed by atoms with E-state index in [1.165, 1.54) is 0 Å². The highest BCUT2D eigenvalue weighted by Crippen LogP contribution is 2.34. The maximum atomic E-state index is 13.9. The molecule has 0 aliphatic carbocycles. The van der Waals surface area contributed by atoms with Crippen LogP contribution in [0.2, 0.25) is 0 Å². The van der Waals surface area contributed by atoms with E-state index in [4.69, 9.17) is 0 Å². The van der Waals surface area contributed by atoms with E-state index in [9.17, 15) is 13.2 Å². The van der Waals surface area contributed by atoms with E-state index >= 15 is 0 Å². The van der Waals surface area contributed by atoms with Crippen molar-refractivity contribution in [1.29, 1.82) is 0 Å². The average molecular weight is 437 g/mol. The lowest BCUT2D eigenvalue weighted by Crippen LogP contribution is -2.36. The largest absolute Gasteiger partial charge is 0.382 e. The van der Waals surface area contributed by atoms with E-state index in [1.807, 2.05) is 28.7 Å². The molecule has 1 unspecified atom stereocenters. The van der Waals surface area contributed by atoms with Gasteiger partial charge in [-0.1, -0.05) is 6.07 Å². The van der Waals surface area contributed by atoms with Gasteiger partial charge in [-0.25, -0.2) is 13.2 Å². The maximum Gasteiger partial charge on any atom is 0.288 e. The second-order valence-corrected chi connectivity index (χ2v) is 7.11. The molecule has 1 aliphatic heterocycles. The molecule has 1 fully saturated rings. The molecule has 0 radical (unpaired) electrons. The molecule has 1 aliphatic rings. The van der Waals surface area contributed by atoms with Crippen molar-refractivity contribution in [3.05, 3.63) is 28.0 Å². The van der Waals surface area contributed by atoms with Gasteiger partial charge < -0.3 is 14.8 Å². The molecule has 0 amide bonds. The Hall–Kier alpha value is -0.960. The van der Waals surface area contributed by atoms with Gasteiger partial charge in [0.2, 0.25) is 6.30 Å². The van der Waals surface area contributed by atoms with Crippen LogP contribution in [0, 0.1) is 3.70 Å². The van der Waals surface area contributed by atoms with Crippen LogP contribution >= 0.6 is 22.6 Å². The molecule has 23 heavy (non-hydrogen) atoms. The van der Waals surface area contributed by atoms with Crippen molar-refractivity contribution < 1.29 is 13.2 Å². The number of fused-ring (bicyclic) bond motifs is 1. The van der Waals surface area contributed by atoms with Crippen LogP contribution in [-0.2, 0) is 0 Å². The molecule has 1 N–H and O–H groups in total. The number of piperidine rings is 1. The van der Waals surface area contributed by atoms with Crippen molar-refractivity contribution >= 4 is 39.2 Å². The topological polar surface area (TPSA) is 20.2 Å². The van der Waals surface area contributed by atoms with E-state index in [0.29, 0.717) is 15.3 Å². The molecule has 2 heterocycles. The predicted octanol–water partition coefficient (Wildman–Crippen LogP) is 4.49. The molecule has 1 saturated heterocycles. The molecule has 1 aromatic carbocycles. The number of alkyl halides is 3. The third-order valence-electron chi connectivity index (χ3n) is 4.37. The second-order valence-electron chi connectivity index (χ2n) is 6.00. The monoisotopic (exact) mass is 437 g/mol. The summed E-state index contributed by atoms with van der Waals surface area (Å²) in [7, 11) is 2.10. The third-order valence-corrected chi connectivity index (χ3v) is 5.20. The number of anilines is 1. The van der Waals surface area contributed by atoms with Crippen LogP contribution in [0.25, 0.3) is 10.9 Å². The van der Waals surface area contributed by atoms with Crippen molar-refractivity contribution in [3.8, 4) is 0 Å². The van der Waals surface area contributed by atoms with E-state index in [0.717, 1.165) is 41.6 Å². The van der Waals surface area contributed by atoms with Gasteiger partial charge in [-0.05, 0) is 73.8 Å². The number of rotatable bonds is 4. The van der Waals surface area contributed by atoms with Gasteiger partial charge in [0.05, 0.1) is 9.22 Å². The van der Waals surface area contributed by atoms with Gasteiger partial charge in [0, 0.05) is 17.1 Å². The van der Waals surface area contributed by atoms with Crippen LogP contribution < -0.4 is 5.32 Å². The number of aromatic nitrogens is 1. The minimum atomic E-state index is -3.04. The molecular weight excluding hydrogens is 418 g/mol. The summed E-state index contributed by atoms with van der Waals surface area (Å²) in [6.07, 6.45) is -3.29. The predicted molar refractivity (Wildman–Crippen MR) is 94.9 cm³/mol. The Morgan fingerprint density at radius 3 is 2.57 bits per heavy atom. The van der Waals surface area contributed by atoms with Crippen molar-refractivity contribution in [1.82, 2.24) is 9.47 Å². The maximum absolute atomic E-state index is 13.9. The fourth-order valence-electron chi connectivity index (χ4n) is 3.08. The lowest BCUT2D eigenvalue weighted by atomic mass is 10.0. The van der Waals surface area contributed by atoms with Crippen LogP contribution in [0.3, 0.4) is 0 Å². The Kier molecular flexibility index (Phi) is 5.05. The van der Waals surface area contributed by atoms with Gasteiger partial charge in [-0.3, -0.25) is 0 Å². The first-order valence-corrected chi connectivity index (χ1v) is 8.72. The summed E-state index contributed by atoms with van der Waals surface area (Å²) < 4.78 is 41.0. The molecule has 3 rings (SSSR count). The first-order chi connectivity index (χ1) is 11.0. The second kappa shape index (κ2) is 6.88.